The van der Waals surface area contributed by atoms with Gasteiger partial charge in [-0.1, -0.05) is 11.6 Å². The Labute approximate surface area is 129 Å². The summed E-state index contributed by atoms with van der Waals surface area (Å²) in [4.78, 5) is 17.8. The minimum Gasteiger partial charge on any atom is -0.294 e. The monoisotopic (exact) mass is 391 g/mol. The Bertz CT molecular complexity index is 590. The number of benzene rings is 1. The van der Waals surface area contributed by atoms with E-state index in [0.717, 1.165) is 14.3 Å². The summed E-state index contributed by atoms with van der Waals surface area (Å²) in [7, 11) is 0. The summed E-state index contributed by atoms with van der Waals surface area (Å²) in [6.45, 7) is 3.98. The molecule has 0 N–H and O–H groups in total. The van der Waals surface area contributed by atoms with E-state index in [-0.39, 0.29) is 5.78 Å². The van der Waals surface area contributed by atoms with Crippen LogP contribution in [0.5, 0.6) is 0 Å². The lowest BCUT2D eigenvalue weighted by molar-refractivity contribution is 0.0992. The molecule has 2 nitrogen and oxygen atoms in total. The first-order valence-electron chi connectivity index (χ1n) is 5.38. The molecule has 0 atom stereocenters. The zero-order valence-corrected chi connectivity index (χ0v) is 13.7. The minimum absolute atomic E-state index is 0.0654. The van der Waals surface area contributed by atoms with E-state index in [9.17, 15) is 4.79 Å². The van der Waals surface area contributed by atoms with Gasteiger partial charge < -0.3 is 0 Å². The number of carbonyl (C=O) groups is 1. The normalized spacial score (nSPS) is 10.7. The Hall–Kier alpha value is -0.460. The number of halogens is 2. The molecule has 2 aromatic rings. The number of carbonyl (C=O) groups excluding carboxylic acids is 1. The fourth-order valence-electron chi connectivity index (χ4n) is 1.56. The average Bonchev–Trinajstić information content (AvgIpc) is 2.61. The van der Waals surface area contributed by atoms with Crippen LogP contribution in [0.1, 0.15) is 25.9 Å². The summed E-state index contributed by atoms with van der Waals surface area (Å²) < 4.78 is 0.923. The van der Waals surface area contributed by atoms with E-state index in [1.807, 2.05) is 19.9 Å². The van der Waals surface area contributed by atoms with Crippen molar-refractivity contribution in [2.45, 2.75) is 20.3 Å². The number of rotatable bonds is 3. The van der Waals surface area contributed by atoms with Crippen molar-refractivity contribution < 1.29 is 4.79 Å². The number of thiazole rings is 1. The van der Waals surface area contributed by atoms with Gasteiger partial charge in [-0.05, 0) is 54.6 Å². The molecule has 0 saturated carbocycles. The standard InChI is InChI=1S/C13H11ClINOS/c1-7-8(2)18-13(16-7)6-12(17)10-5-9(14)3-4-11(10)15/h3-5H,6H2,1-2H3. The van der Waals surface area contributed by atoms with Gasteiger partial charge in [-0.25, -0.2) is 4.98 Å². The largest absolute Gasteiger partial charge is 0.294 e. The summed E-state index contributed by atoms with van der Waals surface area (Å²) in [5.41, 5.74) is 1.68. The molecule has 94 valence electrons. The number of hydrogen-bond donors (Lipinski definition) is 0. The fraction of sp³-hybridized carbons (Fsp3) is 0.231. The lowest BCUT2D eigenvalue weighted by atomic mass is 10.1. The highest BCUT2D eigenvalue weighted by Gasteiger charge is 2.14. The predicted octanol–water partition coefficient (Wildman–Crippen LogP) is 4.44. The Balaban J connectivity index is 2.24. The SMILES string of the molecule is Cc1nc(CC(=O)c2cc(Cl)ccc2I)sc1C. The maximum Gasteiger partial charge on any atom is 0.170 e. The number of aromatic nitrogens is 1. The number of aryl methyl sites for hydroxylation is 2. The summed E-state index contributed by atoms with van der Waals surface area (Å²) >= 11 is 9.66. The van der Waals surface area contributed by atoms with Gasteiger partial charge in [0.1, 0.15) is 5.01 Å². The first-order chi connectivity index (χ1) is 8.47. The second kappa shape index (κ2) is 5.67. The lowest BCUT2D eigenvalue weighted by Gasteiger charge is -2.02. The summed E-state index contributed by atoms with van der Waals surface area (Å²) in [5.74, 6) is 0.0654. The summed E-state index contributed by atoms with van der Waals surface area (Å²) in [6, 6.07) is 5.37. The van der Waals surface area contributed by atoms with Crippen molar-refractivity contribution >= 4 is 51.3 Å². The molecule has 0 radical (unpaired) electrons. The van der Waals surface area contributed by atoms with Crippen LogP contribution in [0.2, 0.25) is 5.02 Å². The van der Waals surface area contributed by atoms with Crippen LogP contribution in [0, 0.1) is 17.4 Å². The van der Waals surface area contributed by atoms with E-state index in [4.69, 9.17) is 11.6 Å². The van der Waals surface area contributed by atoms with Crippen molar-refractivity contribution in [2.75, 3.05) is 0 Å². The molecule has 0 bridgehead atoms. The van der Waals surface area contributed by atoms with Crippen molar-refractivity contribution in [2.24, 2.45) is 0 Å². The molecule has 0 aliphatic rings. The quantitative estimate of drug-likeness (QED) is 0.572. The van der Waals surface area contributed by atoms with Crippen LogP contribution in [0.3, 0.4) is 0 Å². The Kier molecular flexibility index (Phi) is 4.40. The third-order valence-electron chi connectivity index (χ3n) is 2.61. The van der Waals surface area contributed by atoms with Gasteiger partial charge in [0.2, 0.25) is 0 Å². The number of nitrogens with zero attached hydrogens (tertiary/aromatic N) is 1. The molecule has 1 aromatic carbocycles. The van der Waals surface area contributed by atoms with E-state index in [1.165, 1.54) is 4.88 Å². The van der Waals surface area contributed by atoms with Crippen LogP contribution in [0.25, 0.3) is 0 Å². The molecule has 5 heteroatoms. The first-order valence-corrected chi connectivity index (χ1v) is 7.66. The Morgan fingerprint density at radius 3 is 2.78 bits per heavy atom. The van der Waals surface area contributed by atoms with E-state index in [1.54, 1.807) is 23.5 Å². The second-order valence-electron chi connectivity index (χ2n) is 3.97. The van der Waals surface area contributed by atoms with Crippen LogP contribution in [0.4, 0.5) is 0 Å². The topological polar surface area (TPSA) is 30.0 Å². The van der Waals surface area contributed by atoms with Crippen LogP contribution in [0.15, 0.2) is 18.2 Å². The van der Waals surface area contributed by atoms with Crippen LogP contribution in [-0.2, 0) is 6.42 Å². The van der Waals surface area contributed by atoms with Gasteiger partial charge in [0.15, 0.2) is 5.78 Å². The molecule has 0 aliphatic carbocycles. The van der Waals surface area contributed by atoms with E-state index >= 15 is 0 Å². The Morgan fingerprint density at radius 2 is 2.17 bits per heavy atom. The Morgan fingerprint density at radius 1 is 1.44 bits per heavy atom. The van der Waals surface area contributed by atoms with Crippen molar-refractivity contribution in [3.63, 3.8) is 0 Å². The molecular formula is C13H11ClINOS. The molecule has 1 aromatic heterocycles. The number of hydrogen-bond acceptors (Lipinski definition) is 3. The zero-order chi connectivity index (χ0) is 13.3. The van der Waals surface area contributed by atoms with Gasteiger partial charge in [-0.15, -0.1) is 11.3 Å². The molecule has 1 heterocycles. The van der Waals surface area contributed by atoms with Gasteiger partial charge in [-0.2, -0.15) is 0 Å². The number of ketones is 1. The van der Waals surface area contributed by atoms with E-state index < -0.39 is 0 Å². The third-order valence-corrected chi connectivity index (χ3v) is 4.86. The van der Waals surface area contributed by atoms with Crippen molar-refractivity contribution in [1.29, 1.82) is 0 Å². The van der Waals surface area contributed by atoms with Crippen LogP contribution < -0.4 is 0 Å². The van der Waals surface area contributed by atoms with E-state index in [0.29, 0.717) is 17.0 Å². The highest BCUT2D eigenvalue weighted by Crippen LogP contribution is 2.22. The minimum atomic E-state index is 0.0654. The lowest BCUT2D eigenvalue weighted by Crippen LogP contribution is -2.05. The van der Waals surface area contributed by atoms with Crippen LogP contribution >= 0.6 is 45.5 Å². The van der Waals surface area contributed by atoms with Gasteiger partial charge in [0.25, 0.3) is 0 Å². The molecule has 0 aliphatic heterocycles. The van der Waals surface area contributed by atoms with Crippen molar-refractivity contribution in [1.82, 2.24) is 4.98 Å². The molecule has 0 spiro atoms. The predicted molar refractivity (Wildman–Crippen MR) is 83.8 cm³/mol. The third kappa shape index (κ3) is 3.10. The molecule has 0 saturated heterocycles. The van der Waals surface area contributed by atoms with Gasteiger partial charge >= 0.3 is 0 Å². The van der Waals surface area contributed by atoms with Gasteiger partial charge in [0, 0.05) is 19.0 Å². The first kappa shape index (κ1) is 14.0. The molecule has 0 amide bonds. The maximum atomic E-state index is 12.2. The summed E-state index contributed by atoms with van der Waals surface area (Å²) in [6.07, 6.45) is 0.343. The van der Waals surface area contributed by atoms with Gasteiger partial charge in [0.05, 0.1) is 12.1 Å². The molecule has 0 fully saturated rings. The van der Waals surface area contributed by atoms with Crippen molar-refractivity contribution in [3.8, 4) is 0 Å². The van der Waals surface area contributed by atoms with E-state index in [2.05, 4.69) is 27.6 Å². The highest BCUT2D eigenvalue weighted by atomic mass is 127. The second-order valence-corrected chi connectivity index (χ2v) is 6.86. The van der Waals surface area contributed by atoms with Crippen molar-refractivity contribution in [3.05, 3.63) is 47.9 Å². The van der Waals surface area contributed by atoms with Crippen LogP contribution in [-0.4, -0.2) is 10.8 Å². The number of Topliss-reactive ketones (excluding diaryl/α,β-unsaturated/α-hetero) is 1. The fourth-order valence-corrected chi connectivity index (χ4v) is 3.30. The molecule has 0 unspecified atom stereocenters. The smallest absolute Gasteiger partial charge is 0.170 e. The van der Waals surface area contributed by atoms with Gasteiger partial charge in [-0.3, -0.25) is 4.79 Å². The summed E-state index contributed by atoms with van der Waals surface area (Å²) in [5, 5.41) is 1.45. The highest BCUT2D eigenvalue weighted by molar-refractivity contribution is 14.1. The molecule has 18 heavy (non-hydrogen) atoms. The maximum absolute atomic E-state index is 12.2. The zero-order valence-electron chi connectivity index (χ0n) is 9.96. The average molecular weight is 392 g/mol. The molecule has 2 rings (SSSR count). The molecular weight excluding hydrogens is 381 g/mol.